The smallest absolute Gasteiger partial charge is 0.339 e. The highest BCUT2D eigenvalue weighted by Gasteiger charge is 2.15. The van der Waals surface area contributed by atoms with Crippen LogP contribution in [0.2, 0.25) is 5.02 Å². The zero-order chi connectivity index (χ0) is 19.9. The van der Waals surface area contributed by atoms with Crippen LogP contribution in [-0.2, 0) is 11.3 Å². The second-order valence-electron chi connectivity index (χ2n) is 5.87. The first-order chi connectivity index (χ1) is 13.6. The standard InChI is InChI=1S/C21H18ClN3O3/c1-28-21(27)16-7-3-5-9-18(16)25-20(26)19-11-10-15(13-24-19)23-12-14-6-2-4-8-17(14)22/h2-11,13,23H,12H2,1H3,(H,25,26). The molecule has 1 aromatic heterocycles. The van der Waals surface area contributed by atoms with Gasteiger partial charge in [0.2, 0.25) is 0 Å². The number of nitrogens with zero attached hydrogens (tertiary/aromatic N) is 1. The fraction of sp³-hybridized carbons (Fsp3) is 0.0952. The fourth-order valence-electron chi connectivity index (χ4n) is 2.54. The number of anilines is 2. The maximum Gasteiger partial charge on any atom is 0.339 e. The molecule has 0 spiro atoms. The number of carbonyl (C=O) groups excluding carboxylic acids is 2. The molecular formula is C21H18ClN3O3. The van der Waals surface area contributed by atoms with Gasteiger partial charge in [-0.2, -0.15) is 0 Å². The van der Waals surface area contributed by atoms with Gasteiger partial charge in [0.25, 0.3) is 5.91 Å². The molecule has 6 nitrogen and oxygen atoms in total. The zero-order valence-electron chi connectivity index (χ0n) is 15.1. The van der Waals surface area contributed by atoms with Gasteiger partial charge in [0.15, 0.2) is 0 Å². The van der Waals surface area contributed by atoms with Gasteiger partial charge in [0.1, 0.15) is 5.69 Å². The number of rotatable bonds is 6. The average molecular weight is 396 g/mol. The third-order valence-electron chi connectivity index (χ3n) is 4.02. The minimum absolute atomic E-state index is 0.225. The van der Waals surface area contributed by atoms with Crippen molar-refractivity contribution in [2.24, 2.45) is 0 Å². The first-order valence-electron chi connectivity index (χ1n) is 8.50. The Kier molecular flexibility index (Phi) is 6.24. The van der Waals surface area contributed by atoms with Crippen LogP contribution >= 0.6 is 11.6 Å². The molecule has 0 bridgehead atoms. The van der Waals surface area contributed by atoms with E-state index < -0.39 is 11.9 Å². The topological polar surface area (TPSA) is 80.3 Å². The van der Waals surface area contributed by atoms with Crippen LogP contribution in [0.4, 0.5) is 11.4 Å². The van der Waals surface area contributed by atoms with Crippen molar-refractivity contribution >= 4 is 34.9 Å². The Bertz CT molecular complexity index is 990. The van der Waals surface area contributed by atoms with Crippen LogP contribution in [0.1, 0.15) is 26.4 Å². The summed E-state index contributed by atoms with van der Waals surface area (Å²) in [5.41, 5.74) is 2.58. The van der Waals surface area contributed by atoms with E-state index in [9.17, 15) is 9.59 Å². The molecule has 0 aliphatic carbocycles. The number of carbonyl (C=O) groups is 2. The molecule has 2 N–H and O–H groups in total. The van der Waals surface area contributed by atoms with Crippen LogP contribution in [0, 0.1) is 0 Å². The normalized spacial score (nSPS) is 10.2. The summed E-state index contributed by atoms with van der Waals surface area (Å²) in [5, 5.41) is 6.58. The molecule has 7 heteroatoms. The largest absolute Gasteiger partial charge is 0.465 e. The van der Waals surface area contributed by atoms with E-state index in [1.54, 1.807) is 42.6 Å². The Morgan fingerprint density at radius 2 is 1.79 bits per heavy atom. The van der Waals surface area contributed by atoms with Gasteiger partial charge in [-0.1, -0.05) is 41.9 Å². The van der Waals surface area contributed by atoms with Crippen molar-refractivity contribution in [3.8, 4) is 0 Å². The van der Waals surface area contributed by atoms with Gasteiger partial charge in [-0.3, -0.25) is 4.79 Å². The van der Waals surface area contributed by atoms with Gasteiger partial charge < -0.3 is 15.4 Å². The molecule has 3 aromatic rings. The lowest BCUT2D eigenvalue weighted by molar-refractivity contribution is 0.0602. The highest BCUT2D eigenvalue weighted by atomic mass is 35.5. The summed E-state index contributed by atoms with van der Waals surface area (Å²) in [6.07, 6.45) is 1.57. The minimum atomic E-state index is -0.525. The Labute approximate surface area is 167 Å². The van der Waals surface area contributed by atoms with E-state index in [1.165, 1.54) is 7.11 Å². The Morgan fingerprint density at radius 1 is 1.04 bits per heavy atom. The molecule has 0 saturated carbocycles. The summed E-state index contributed by atoms with van der Waals surface area (Å²) >= 11 is 6.14. The molecule has 2 aromatic carbocycles. The third kappa shape index (κ3) is 4.66. The van der Waals surface area contributed by atoms with E-state index in [2.05, 4.69) is 15.6 Å². The van der Waals surface area contributed by atoms with Gasteiger partial charge in [-0.05, 0) is 35.9 Å². The third-order valence-corrected chi connectivity index (χ3v) is 4.39. The van der Waals surface area contributed by atoms with Crippen molar-refractivity contribution in [1.29, 1.82) is 0 Å². The lowest BCUT2D eigenvalue weighted by Gasteiger charge is -2.10. The van der Waals surface area contributed by atoms with Gasteiger partial charge in [-0.15, -0.1) is 0 Å². The predicted molar refractivity (Wildman–Crippen MR) is 109 cm³/mol. The number of para-hydroxylation sites is 1. The number of hydrogen-bond acceptors (Lipinski definition) is 5. The van der Waals surface area contributed by atoms with E-state index in [1.807, 2.05) is 24.3 Å². The van der Waals surface area contributed by atoms with Crippen LogP contribution < -0.4 is 10.6 Å². The number of nitrogens with one attached hydrogen (secondary N) is 2. The van der Waals surface area contributed by atoms with Crippen LogP contribution in [0.5, 0.6) is 0 Å². The summed E-state index contributed by atoms with van der Waals surface area (Å²) < 4.78 is 4.73. The number of halogens is 1. The van der Waals surface area contributed by atoms with Crippen LogP contribution in [0.15, 0.2) is 66.9 Å². The van der Waals surface area contributed by atoms with Gasteiger partial charge in [0.05, 0.1) is 30.2 Å². The number of amides is 1. The average Bonchev–Trinajstić information content (AvgIpc) is 2.73. The molecule has 142 valence electrons. The monoisotopic (exact) mass is 395 g/mol. The lowest BCUT2D eigenvalue weighted by Crippen LogP contribution is -2.16. The van der Waals surface area contributed by atoms with E-state index >= 15 is 0 Å². The van der Waals surface area contributed by atoms with E-state index in [-0.39, 0.29) is 11.3 Å². The molecule has 0 unspecified atom stereocenters. The predicted octanol–water partition coefficient (Wildman–Crippen LogP) is 4.39. The number of methoxy groups -OCH3 is 1. The summed E-state index contributed by atoms with van der Waals surface area (Å²) in [6.45, 7) is 0.541. The molecule has 0 aliphatic heterocycles. The SMILES string of the molecule is COC(=O)c1ccccc1NC(=O)c1ccc(NCc2ccccc2Cl)cn1. The van der Waals surface area contributed by atoms with Crippen molar-refractivity contribution in [2.75, 3.05) is 17.7 Å². The molecule has 1 heterocycles. The maximum absolute atomic E-state index is 12.4. The molecule has 3 rings (SSSR count). The fourth-order valence-corrected chi connectivity index (χ4v) is 2.74. The Morgan fingerprint density at radius 3 is 2.50 bits per heavy atom. The van der Waals surface area contributed by atoms with Gasteiger partial charge in [-0.25, -0.2) is 9.78 Å². The first kappa shape index (κ1) is 19.4. The van der Waals surface area contributed by atoms with E-state index in [0.29, 0.717) is 17.3 Å². The summed E-state index contributed by atoms with van der Waals surface area (Å²) in [4.78, 5) is 28.4. The van der Waals surface area contributed by atoms with E-state index in [0.717, 1.165) is 11.3 Å². The molecule has 0 saturated heterocycles. The number of esters is 1. The molecule has 0 radical (unpaired) electrons. The number of pyridine rings is 1. The number of benzene rings is 2. The molecule has 0 fully saturated rings. The summed E-state index contributed by atoms with van der Waals surface area (Å²) in [6, 6.07) is 17.5. The lowest BCUT2D eigenvalue weighted by atomic mass is 10.1. The summed E-state index contributed by atoms with van der Waals surface area (Å²) in [5.74, 6) is -0.947. The highest BCUT2D eigenvalue weighted by Crippen LogP contribution is 2.18. The van der Waals surface area contributed by atoms with Crippen molar-refractivity contribution in [3.05, 3.63) is 88.7 Å². The first-order valence-corrected chi connectivity index (χ1v) is 8.88. The van der Waals surface area contributed by atoms with E-state index in [4.69, 9.17) is 16.3 Å². The maximum atomic E-state index is 12.4. The quantitative estimate of drug-likeness (QED) is 0.605. The van der Waals surface area contributed by atoms with Gasteiger partial charge >= 0.3 is 5.97 Å². The Hall–Kier alpha value is -3.38. The van der Waals surface area contributed by atoms with Crippen molar-refractivity contribution in [3.63, 3.8) is 0 Å². The number of ether oxygens (including phenoxy) is 1. The molecule has 0 aliphatic rings. The van der Waals surface area contributed by atoms with Crippen molar-refractivity contribution in [2.45, 2.75) is 6.54 Å². The zero-order valence-corrected chi connectivity index (χ0v) is 15.9. The second kappa shape index (κ2) is 9.01. The number of hydrogen-bond donors (Lipinski definition) is 2. The van der Waals surface area contributed by atoms with Crippen LogP contribution in [-0.4, -0.2) is 24.0 Å². The molecule has 1 amide bonds. The van der Waals surface area contributed by atoms with Gasteiger partial charge in [0, 0.05) is 11.6 Å². The minimum Gasteiger partial charge on any atom is -0.465 e. The van der Waals surface area contributed by atoms with Crippen LogP contribution in [0.3, 0.4) is 0 Å². The molecule has 28 heavy (non-hydrogen) atoms. The highest BCUT2D eigenvalue weighted by molar-refractivity contribution is 6.31. The van der Waals surface area contributed by atoms with Crippen LogP contribution in [0.25, 0.3) is 0 Å². The Balaban J connectivity index is 1.66. The second-order valence-corrected chi connectivity index (χ2v) is 6.28. The molecular weight excluding hydrogens is 378 g/mol. The van der Waals surface area contributed by atoms with Crippen molar-refractivity contribution < 1.29 is 14.3 Å². The summed E-state index contributed by atoms with van der Waals surface area (Å²) in [7, 11) is 1.29. The van der Waals surface area contributed by atoms with Crippen molar-refractivity contribution in [1.82, 2.24) is 4.98 Å². The number of aromatic nitrogens is 1. The molecule has 0 atom stereocenters.